The lowest BCUT2D eigenvalue weighted by Gasteiger charge is -2.19. The average Bonchev–Trinajstić information content (AvgIpc) is 2.74. The molecule has 0 aliphatic carbocycles. The quantitative estimate of drug-likeness (QED) is 0.696. The fourth-order valence-electron chi connectivity index (χ4n) is 3.04. The van der Waals surface area contributed by atoms with Crippen LogP contribution in [0.15, 0.2) is 67.0 Å². The third-order valence-electron chi connectivity index (χ3n) is 4.48. The first-order valence-electron chi connectivity index (χ1n) is 9.16. The Labute approximate surface area is 163 Å². The van der Waals surface area contributed by atoms with Crippen molar-refractivity contribution in [3.63, 3.8) is 0 Å². The van der Waals surface area contributed by atoms with Crippen LogP contribution in [0.25, 0.3) is 0 Å². The minimum atomic E-state index is -0.236. The predicted octanol–water partition coefficient (Wildman–Crippen LogP) is 4.28. The van der Waals surface area contributed by atoms with Crippen molar-refractivity contribution in [2.75, 3.05) is 23.8 Å². The molecular formula is C22H21N3O3. The van der Waals surface area contributed by atoms with Crippen LogP contribution >= 0.6 is 0 Å². The Morgan fingerprint density at radius 2 is 1.75 bits per heavy atom. The third kappa shape index (κ3) is 4.06. The van der Waals surface area contributed by atoms with E-state index in [0.29, 0.717) is 36.0 Å². The zero-order valence-corrected chi connectivity index (χ0v) is 15.5. The number of fused-ring (bicyclic) bond motifs is 1. The Morgan fingerprint density at radius 3 is 2.57 bits per heavy atom. The molecule has 4 rings (SSSR count). The van der Waals surface area contributed by atoms with Gasteiger partial charge in [-0.05, 0) is 30.7 Å². The maximum absolute atomic E-state index is 12.6. The van der Waals surface area contributed by atoms with Gasteiger partial charge < -0.3 is 20.1 Å². The standard InChI is InChI=1S/C22H21N3O3/c1-15(16-5-3-2-4-6-16)24-19-11-17(13-23-14-19)22(26)25-18-7-8-20-21(12-18)28-10-9-27-20/h2-8,11-15,24H,9-10H2,1H3,(H,25,26). The van der Waals surface area contributed by atoms with Crippen molar-refractivity contribution in [2.45, 2.75) is 13.0 Å². The third-order valence-corrected chi connectivity index (χ3v) is 4.48. The molecule has 3 aromatic rings. The van der Waals surface area contributed by atoms with Gasteiger partial charge in [0.2, 0.25) is 0 Å². The molecule has 2 heterocycles. The second kappa shape index (κ2) is 8.00. The molecule has 0 bridgehead atoms. The van der Waals surface area contributed by atoms with Crippen LogP contribution in [-0.4, -0.2) is 24.1 Å². The summed E-state index contributed by atoms with van der Waals surface area (Å²) in [6, 6.07) is 17.3. The van der Waals surface area contributed by atoms with Crippen LogP contribution in [0.2, 0.25) is 0 Å². The van der Waals surface area contributed by atoms with Gasteiger partial charge in [-0.2, -0.15) is 0 Å². The molecule has 1 atom stereocenters. The number of benzene rings is 2. The molecule has 2 aromatic carbocycles. The van der Waals surface area contributed by atoms with Crippen LogP contribution in [0, 0.1) is 0 Å². The van der Waals surface area contributed by atoms with Crippen molar-refractivity contribution in [1.29, 1.82) is 0 Å². The highest BCUT2D eigenvalue weighted by molar-refractivity contribution is 6.04. The van der Waals surface area contributed by atoms with Gasteiger partial charge in [-0.1, -0.05) is 30.3 Å². The number of nitrogens with one attached hydrogen (secondary N) is 2. The number of hydrogen-bond acceptors (Lipinski definition) is 5. The number of anilines is 2. The van der Waals surface area contributed by atoms with Crippen LogP contribution in [-0.2, 0) is 0 Å². The summed E-state index contributed by atoms with van der Waals surface area (Å²) in [5.74, 6) is 1.08. The number of carbonyl (C=O) groups is 1. The molecule has 1 aliphatic heterocycles. The SMILES string of the molecule is CC(Nc1cncc(C(=O)Nc2ccc3c(c2)OCCO3)c1)c1ccccc1. The lowest BCUT2D eigenvalue weighted by molar-refractivity contribution is 0.102. The zero-order chi connectivity index (χ0) is 19.3. The lowest BCUT2D eigenvalue weighted by Crippen LogP contribution is -2.16. The Hall–Kier alpha value is -3.54. The average molecular weight is 375 g/mol. The van der Waals surface area contributed by atoms with Gasteiger partial charge in [-0.3, -0.25) is 9.78 Å². The second-order valence-electron chi connectivity index (χ2n) is 6.55. The van der Waals surface area contributed by atoms with Crippen LogP contribution in [0.5, 0.6) is 11.5 Å². The summed E-state index contributed by atoms with van der Waals surface area (Å²) in [4.78, 5) is 16.8. The normalized spacial score (nSPS) is 13.5. The molecule has 6 heteroatoms. The molecule has 1 aliphatic rings. The fourth-order valence-corrected chi connectivity index (χ4v) is 3.04. The number of ether oxygens (including phenoxy) is 2. The zero-order valence-electron chi connectivity index (χ0n) is 15.5. The van der Waals surface area contributed by atoms with Crippen molar-refractivity contribution < 1.29 is 14.3 Å². The van der Waals surface area contributed by atoms with Crippen LogP contribution in [0.4, 0.5) is 11.4 Å². The van der Waals surface area contributed by atoms with Gasteiger partial charge in [-0.25, -0.2) is 0 Å². The summed E-state index contributed by atoms with van der Waals surface area (Å²) < 4.78 is 11.1. The molecule has 142 valence electrons. The maximum Gasteiger partial charge on any atom is 0.257 e. The van der Waals surface area contributed by atoms with Crippen molar-refractivity contribution in [3.05, 3.63) is 78.1 Å². The summed E-state index contributed by atoms with van der Waals surface area (Å²) in [5, 5.41) is 6.26. The minimum absolute atomic E-state index is 0.0964. The van der Waals surface area contributed by atoms with E-state index in [1.807, 2.05) is 18.2 Å². The first-order chi connectivity index (χ1) is 13.7. The number of nitrogens with zero attached hydrogens (tertiary/aromatic N) is 1. The second-order valence-corrected chi connectivity index (χ2v) is 6.55. The topological polar surface area (TPSA) is 72.5 Å². The highest BCUT2D eigenvalue weighted by atomic mass is 16.6. The van der Waals surface area contributed by atoms with Gasteiger partial charge in [0, 0.05) is 30.2 Å². The first kappa shape index (κ1) is 17.9. The Kier molecular flexibility index (Phi) is 5.10. The molecule has 28 heavy (non-hydrogen) atoms. The number of amides is 1. The molecular weight excluding hydrogens is 354 g/mol. The van der Waals surface area contributed by atoms with Crippen LogP contribution in [0.3, 0.4) is 0 Å². The largest absolute Gasteiger partial charge is 0.486 e. The molecule has 6 nitrogen and oxygen atoms in total. The van der Waals surface area contributed by atoms with Gasteiger partial charge in [0.1, 0.15) is 13.2 Å². The molecule has 2 N–H and O–H groups in total. The van der Waals surface area contributed by atoms with E-state index in [1.165, 1.54) is 0 Å². The molecule has 1 amide bonds. The predicted molar refractivity (Wildman–Crippen MR) is 108 cm³/mol. The van der Waals surface area contributed by atoms with Crippen LogP contribution in [0.1, 0.15) is 28.9 Å². The molecule has 1 aromatic heterocycles. The minimum Gasteiger partial charge on any atom is -0.486 e. The van der Waals surface area contributed by atoms with Gasteiger partial charge in [0.15, 0.2) is 11.5 Å². The van der Waals surface area contributed by atoms with Gasteiger partial charge in [0.25, 0.3) is 5.91 Å². The molecule has 0 spiro atoms. The van der Waals surface area contributed by atoms with Crippen molar-refractivity contribution in [3.8, 4) is 11.5 Å². The van der Waals surface area contributed by atoms with Crippen molar-refractivity contribution >= 4 is 17.3 Å². The maximum atomic E-state index is 12.6. The summed E-state index contributed by atoms with van der Waals surface area (Å²) in [7, 11) is 0. The Morgan fingerprint density at radius 1 is 0.964 bits per heavy atom. The smallest absolute Gasteiger partial charge is 0.257 e. The van der Waals surface area contributed by atoms with E-state index >= 15 is 0 Å². The molecule has 0 saturated carbocycles. The molecule has 0 radical (unpaired) electrons. The summed E-state index contributed by atoms with van der Waals surface area (Å²) in [5.41, 5.74) is 3.06. The number of rotatable bonds is 5. The van der Waals surface area contributed by atoms with Crippen molar-refractivity contribution in [1.82, 2.24) is 4.98 Å². The fraction of sp³-hybridized carbons (Fsp3) is 0.182. The Balaban J connectivity index is 1.45. The van der Waals surface area contributed by atoms with E-state index in [9.17, 15) is 4.79 Å². The highest BCUT2D eigenvalue weighted by Crippen LogP contribution is 2.32. The van der Waals surface area contributed by atoms with Crippen LogP contribution < -0.4 is 20.1 Å². The van der Waals surface area contributed by atoms with E-state index < -0.39 is 0 Å². The van der Waals surface area contributed by atoms with E-state index in [0.717, 1.165) is 11.3 Å². The Bertz CT molecular complexity index is 976. The van der Waals surface area contributed by atoms with Gasteiger partial charge in [-0.15, -0.1) is 0 Å². The summed E-state index contributed by atoms with van der Waals surface area (Å²) >= 11 is 0. The van der Waals surface area contributed by atoms with E-state index in [4.69, 9.17) is 9.47 Å². The van der Waals surface area contributed by atoms with Gasteiger partial charge >= 0.3 is 0 Å². The number of pyridine rings is 1. The van der Waals surface area contributed by atoms with E-state index in [1.54, 1.807) is 36.7 Å². The van der Waals surface area contributed by atoms with E-state index in [2.05, 4.69) is 34.7 Å². The van der Waals surface area contributed by atoms with E-state index in [-0.39, 0.29) is 11.9 Å². The number of carbonyl (C=O) groups excluding carboxylic acids is 1. The molecule has 1 unspecified atom stereocenters. The number of hydrogen-bond donors (Lipinski definition) is 2. The molecule has 0 fully saturated rings. The summed E-state index contributed by atoms with van der Waals surface area (Å²) in [6.45, 7) is 3.10. The number of aromatic nitrogens is 1. The van der Waals surface area contributed by atoms with Gasteiger partial charge in [0.05, 0.1) is 11.3 Å². The monoisotopic (exact) mass is 375 g/mol. The summed E-state index contributed by atoms with van der Waals surface area (Å²) in [6.07, 6.45) is 3.26. The molecule has 0 saturated heterocycles. The first-order valence-corrected chi connectivity index (χ1v) is 9.16. The lowest BCUT2D eigenvalue weighted by atomic mass is 10.1. The van der Waals surface area contributed by atoms with Crippen molar-refractivity contribution in [2.24, 2.45) is 0 Å². The highest BCUT2D eigenvalue weighted by Gasteiger charge is 2.14.